The lowest BCUT2D eigenvalue weighted by Crippen LogP contribution is -2.35. The Balaban J connectivity index is 1.95. The molecule has 108 valence electrons. The summed E-state index contributed by atoms with van der Waals surface area (Å²) in [5.41, 5.74) is 5.77. The highest BCUT2D eigenvalue weighted by atomic mass is 15.1. The van der Waals surface area contributed by atoms with E-state index in [9.17, 15) is 0 Å². The van der Waals surface area contributed by atoms with E-state index in [-0.39, 0.29) is 0 Å². The molecule has 2 nitrogen and oxygen atoms in total. The van der Waals surface area contributed by atoms with Crippen molar-refractivity contribution in [1.29, 1.82) is 0 Å². The van der Waals surface area contributed by atoms with Gasteiger partial charge in [-0.1, -0.05) is 36.4 Å². The molecular weight excluding hydrogens is 256 g/mol. The molecule has 2 atom stereocenters. The van der Waals surface area contributed by atoms with Crippen LogP contribution in [0.5, 0.6) is 0 Å². The van der Waals surface area contributed by atoms with Crippen molar-refractivity contribution in [2.75, 3.05) is 32.1 Å². The molecule has 0 bridgehead atoms. The maximum Gasteiger partial charge on any atom is 0.0444 e. The molecule has 2 heterocycles. The molecule has 0 unspecified atom stereocenters. The van der Waals surface area contributed by atoms with E-state index >= 15 is 0 Å². The van der Waals surface area contributed by atoms with Gasteiger partial charge in [0.1, 0.15) is 0 Å². The van der Waals surface area contributed by atoms with Gasteiger partial charge in [0, 0.05) is 30.9 Å². The Morgan fingerprint density at radius 2 is 1.38 bits per heavy atom. The average molecular weight is 278 g/mol. The minimum atomic E-state index is 0.603. The fourth-order valence-corrected chi connectivity index (χ4v) is 4.15. The van der Waals surface area contributed by atoms with Crippen LogP contribution in [0.25, 0.3) is 0 Å². The zero-order valence-corrected chi connectivity index (χ0v) is 12.8. The van der Waals surface area contributed by atoms with E-state index in [2.05, 4.69) is 72.4 Å². The number of fused-ring (bicyclic) bond motifs is 5. The molecule has 2 heteroatoms. The quantitative estimate of drug-likeness (QED) is 0.719. The fourth-order valence-electron chi connectivity index (χ4n) is 4.15. The number of benzene rings is 2. The molecule has 2 aliphatic rings. The number of anilines is 2. The van der Waals surface area contributed by atoms with Crippen LogP contribution in [0.3, 0.4) is 0 Å². The van der Waals surface area contributed by atoms with Crippen LogP contribution in [0.15, 0.2) is 48.5 Å². The minimum Gasteiger partial charge on any atom is -0.344 e. The van der Waals surface area contributed by atoms with Crippen LogP contribution < -0.4 is 4.90 Å². The lowest BCUT2D eigenvalue weighted by Gasteiger charge is -2.37. The average Bonchev–Trinajstić information content (AvgIpc) is 2.63. The van der Waals surface area contributed by atoms with Crippen molar-refractivity contribution in [1.82, 2.24) is 4.90 Å². The molecule has 2 aromatic rings. The monoisotopic (exact) mass is 278 g/mol. The lowest BCUT2D eigenvalue weighted by atomic mass is 9.77. The molecular formula is C19H22N2. The predicted molar refractivity (Wildman–Crippen MR) is 88.5 cm³/mol. The number of rotatable bonds is 0. The van der Waals surface area contributed by atoms with Crippen LogP contribution in [-0.2, 0) is 0 Å². The molecule has 0 spiro atoms. The maximum absolute atomic E-state index is 2.48. The summed E-state index contributed by atoms with van der Waals surface area (Å²) in [6.45, 7) is 2.35. The van der Waals surface area contributed by atoms with Gasteiger partial charge in [0.15, 0.2) is 0 Å². The third kappa shape index (κ3) is 1.97. The molecule has 0 aliphatic carbocycles. The van der Waals surface area contributed by atoms with E-state index in [0.29, 0.717) is 11.8 Å². The number of piperidine rings is 1. The summed E-state index contributed by atoms with van der Waals surface area (Å²) in [6, 6.07) is 17.9. The normalized spacial score (nSPS) is 24.8. The number of hydrogen-bond acceptors (Lipinski definition) is 2. The van der Waals surface area contributed by atoms with Gasteiger partial charge in [0.05, 0.1) is 0 Å². The van der Waals surface area contributed by atoms with Gasteiger partial charge < -0.3 is 9.80 Å². The van der Waals surface area contributed by atoms with Crippen LogP contribution >= 0.6 is 0 Å². The molecule has 21 heavy (non-hydrogen) atoms. The highest BCUT2D eigenvalue weighted by Crippen LogP contribution is 2.49. The molecule has 0 amide bonds. The third-order valence-electron chi connectivity index (χ3n) is 5.21. The van der Waals surface area contributed by atoms with Crippen molar-refractivity contribution >= 4 is 11.4 Å². The summed E-state index contributed by atoms with van der Waals surface area (Å²) >= 11 is 0. The van der Waals surface area contributed by atoms with Crippen LogP contribution in [0.2, 0.25) is 0 Å². The number of likely N-dealkylation sites (N-methyl/N-ethyl adjacent to an activating group) is 1. The second-order valence-electron chi connectivity index (χ2n) is 6.44. The van der Waals surface area contributed by atoms with Crippen molar-refractivity contribution in [3.05, 3.63) is 59.7 Å². The summed E-state index contributed by atoms with van der Waals surface area (Å²) < 4.78 is 0. The van der Waals surface area contributed by atoms with Gasteiger partial charge >= 0.3 is 0 Å². The molecule has 1 saturated heterocycles. The van der Waals surface area contributed by atoms with Crippen LogP contribution in [0, 0.1) is 0 Å². The first-order valence-electron chi connectivity index (χ1n) is 7.86. The molecule has 2 aromatic carbocycles. The van der Waals surface area contributed by atoms with Crippen molar-refractivity contribution in [3.63, 3.8) is 0 Å². The Bertz CT molecular complexity index is 664. The Labute approximate surface area is 127 Å². The molecule has 4 rings (SSSR count). The summed E-state index contributed by atoms with van der Waals surface area (Å²) in [7, 11) is 4.46. The number of para-hydroxylation sites is 2. The van der Waals surface area contributed by atoms with E-state index in [1.807, 2.05) is 0 Å². The van der Waals surface area contributed by atoms with Crippen LogP contribution in [0.4, 0.5) is 11.4 Å². The van der Waals surface area contributed by atoms with Crippen LogP contribution in [-0.4, -0.2) is 32.1 Å². The number of likely N-dealkylation sites (tertiary alicyclic amines) is 1. The van der Waals surface area contributed by atoms with Gasteiger partial charge in [-0.15, -0.1) is 0 Å². The largest absolute Gasteiger partial charge is 0.344 e. The molecule has 0 radical (unpaired) electrons. The smallest absolute Gasteiger partial charge is 0.0444 e. The highest BCUT2D eigenvalue weighted by molar-refractivity contribution is 5.72. The summed E-state index contributed by atoms with van der Waals surface area (Å²) in [5, 5.41) is 0. The van der Waals surface area contributed by atoms with E-state index < -0.39 is 0 Å². The SMILES string of the molecule is CN1CC[C@@H]2c3ccccc3N(C)c3ccccc3[C@@H]2C1. The van der Waals surface area contributed by atoms with Gasteiger partial charge in [-0.2, -0.15) is 0 Å². The topological polar surface area (TPSA) is 6.48 Å². The highest BCUT2D eigenvalue weighted by Gasteiger charge is 2.36. The molecule has 0 aromatic heterocycles. The Morgan fingerprint density at radius 1 is 0.810 bits per heavy atom. The fraction of sp³-hybridized carbons (Fsp3) is 0.368. The Hall–Kier alpha value is -1.80. The first-order chi connectivity index (χ1) is 10.3. The molecule has 1 fully saturated rings. The standard InChI is InChI=1S/C19H22N2/c1-20-12-11-14-15-7-3-5-9-18(15)21(2)19-10-6-4-8-16(19)17(14)13-20/h3-10,14,17H,11-13H2,1-2H3/t14-,17-/m1/s1. The van der Waals surface area contributed by atoms with Crippen molar-refractivity contribution in [2.24, 2.45) is 0 Å². The number of nitrogens with zero attached hydrogens (tertiary/aromatic N) is 2. The molecule has 0 N–H and O–H groups in total. The van der Waals surface area contributed by atoms with E-state index in [1.165, 1.54) is 35.5 Å². The third-order valence-corrected chi connectivity index (χ3v) is 5.21. The van der Waals surface area contributed by atoms with E-state index in [0.717, 1.165) is 6.54 Å². The van der Waals surface area contributed by atoms with Crippen molar-refractivity contribution in [3.8, 4) is 0 Å². The van der Waals surface area contributed by atoms with Gasteiger partial charge in [0.2, 0.25) is 0 Å². The van der Waals surface area contributed by atoms with Crippen LogP contribution in [0.1, 0.15) is 29.4 Å². The zero-order valence-electron chi connectivity index (χ0n) is 12.8. The second-order valence-corrected chi connectivity index (χ2v) is 6.44. The zero-order chi connectivity index (χ0) is 14.4. The number of hydrogen-bond donors (Lipinski definition) is 0. The first-order valence-corrected chi connectivity index (χ1v) is 7.86. The summed E-state index contributed by atoms with van der Waals surface area (Å²) in [5.74, 6) is 1.24. The first kappa shape index (κ1) is 12.9. The molecule has 2 aliphatic heterocycles. The van der Waals surface area contributed by atoms with E-state index in [4.69, 9.17) is 0 Å². The van der Waals surface area contributed by atoms with Crippen molar-refractivity contribution < 1.29 is 0 Å². The molecule has 0 saturated carbocycles. The van der Waals surface area contributed by atoms with Gasteiger partial charge in [0.25, 0.3) is 0 Å². The van der Waals surface area contributed by atoms with Crippen molar-refractivity contribution in [2.45, 2.75) is 18.3 Å². The van der Waals surface area contributed by atoms with Gasteiger partial charge in [-0.25, -0.2) is 0 Å². The van der Waals surface area contributed by atoms with Gasteiger partial charge in [-0.3, -0.25) is 0 Å². The summed E-state index contributed by atoms with van der Waals surface area (Å²) in [6.07, 6.45) is 1.25. The van der Waals surface area contributed by atoms with Gasteiger partial charge in [-0.05, 0) is 49.2 Å². The Kier molecular flexibility index (Phi) is 3.00. The lowest BCUT2D eigenvalue weighted by molar-refractivity contribution is 0.228. The maximum atomic E-state index is 2.48. The minimum absolute atomic E-state index is 0.603. The predicted octanol–water partition coefficient (Wildman–Crippen LogP) is 3.97. The second kappa shape index (κ2) is 4.88. The summed E-state index contributed by atoms with van der Waals surface area (Å²) in [4.78, 5) is 4.86. The Morgan fingerprint density at radius 3 is 2.05 bits per heavy atom. The van der Waals surface area contributed by atoms with E-state index in [1.54, 1.807) is 0 Å².